The highest BCUT2D eigenvalue weighted by Crippen LogP contribution is 2.38. The summed E-state index contributed by atoms with van der Waals surface area (Å²) < 4.78 is 0. The lowest BCUT2D eigenvalue weighted by Crippen LogP contribution is -1.86. The van der Waals surface area contributed by atoms with E-state index in [1.54, 1.807) is 0 Å². The first-order chi connectivity index (χ1) is 26.7. The summed E-state index contributed by atoms with van der Waals surface area (Å²) in [4.78, 5) is 0. The van der Waals surface area contributed by atoms with Crippen LogP contribution in [0.15, 0.2) is 206 Å². The molecule has 54 heavy (non-hydrogen) atoms. The molecule has 0 saturated heterocycles. The minimum atomic E-state index is 1.22. The summed E-state index contributed by atoms with van der Waals surface area (Å²) in [5, 5.41) is 15.3. The molecule has 0 spiro atoms. The highest BCUT2D eigenvalue weighted by atomic mass is 14.2. The van der Waals surface area contributed by atoms with Crippen LogP contribution in [0.5, 0.6) is 0 Å². The number of hydrogen-bond donors (Lipinski definition) is 0. The lowest BCUT2D eigenvalue weighted by Gasteiger charge is -2.13. The summed E-state index contributed by atoms with van der Waals surface area (Å²) in [6.07, 6.45) is 0. The van der Waals surface area contributed by atoms with Crippen molar-refractivity contribution in [1.82, 2.24) is 0 Å². The van der Waals surface area contributed by atoms with Gasteiger partial charge in [0.25, 0.3) is 0 Å². The van der Waals surface area contributed by atoms with Crippen molar-refractivity contribution >= 4 is 64.6 Å². The summed E-state index contributed by atoms with van der Waals surface area (Å²) in [6.45, 7) is 0. The Hall–Kier alpha value is -7.02. The molecular formula is C54H34. The van der Waals surface area contributed by atoms with Crippen molar-refractivity contribution in [2.75, 3.05) is 0 Å². The second-order valence-corrected chi connectivity index (χ2v) is 14.5. The zero-order valence-corrected chi connectivity index (χ0v) is 29.6. The van der Waals surface area contributed by atoms with Crippen LogP contribution in [-0.2, 0) is 0 Å². The van der Waals surface area contributed by atoms with Gasteiger partial charge in [-0.15, -0.1) is 0 Å². The molecule has 11 rings (SSSR count). The van der Waals surface area contributed by atoms with Crippen molar-refractivity contribution in [1.29, 1.82) is 0 Å². The first-order valence-corrected chi connectivity index (χ1v) is 18.7. The molecule has 0 aliphatic carbocycles. The maximum Gasteiger partial charge on any atom is -0.00988 e. The first-order valence-electron chi connectivity index (χ1n) is 18.7. The third-order valence-electron chi connectivity index (χ3n) is 11.4. The lowest BCUT2D eigenvalue weighted by molar-refractivity contribution is 1.63. The van der Waals surface area contributed by atoms with Crippen molar-refractivity contribution in [3.05, 3.63) is 206 Å². The Balaban J connectivity index is 0.930. The van der Waals surface area contributed by atoms with Crippen LogP contribution in [0.1, 0.15) is 0 Å². The van der Waals surface area contributed by atoms with E-state index in [0.29, 0.717) is 0 Å². The van der Waals surface area contributed by atoms with Gasteiger partial charge < -0.3 is 0 Å². The summed E-state index contributed by atoms with van der Waals surface area (Å²) >= 11 is 0. The van der Waals surface area contributed by atoms with Gasteiger partial charge in [0.2, 0.25) is 0 Å². The van der Waals surface area contributed by atoms with E-state index in [9.17, 15) is 0 Å². The monoisotopic (exact) mass is 682 g/mol. The topological polar surface area (TPSA) is 0 Å². The van der Waals surface area contributed by atoms with Crippen LogP contribution >= 0.6 is 0 Å². The number of rotatable bonds is 4. The Kier molecular flexibility index (Phi) is 6.97. The van der Waals surface area contributed by atoms with Crippen molar-refractivity contribution in [3.8, 4) is 44.5 Å². The Morgan fingerprint density at radius 2 is 0.537 bits per heavy atom. The van der Waals surface area contributed by atoms with Gasteiger partial charge in [-0.1, -0.05) is 170 Å². The van der Waals surface area contributed by atoms with E-state index in [1.165, 1.54) is 109 Å². The average molecular weight is 683 g/mol. The Labute approximate surface area is 314 Å². The molecule has 0 nitrogen and oxygen atoms in total. The molecule has 0 aliphatic heterocycles. The number of benzene rings is 11. The van der Waals surface area contributed by atoms with E-state index in [4.69, 9.17) is 0 Å². The SMILES string of the molecule is c1ccc(-c2ccc3c(ccc4cc(-c5ccc6c(ccc7cc(-c8cccc(-c9cc%10ccccc%10c%10ccccc9%10)c8)ccc76)c5)ccc43)c2)cc1. The molecule has 0 saturated carbocycles. The zero-order valence-electron chi connectivity index (χ0n) is 29.6. The summed E-state index contributed by atoms with van der Waals surface area (Å²) in [5.74, 6) is 0. The van der Waals surface area contributed by atoms with Crippen molar-refractivity contribution < 1.29 is 0 Å². The van der Waals surface area contributed by atoms with E-state index in [-0.39, 0.29) is 0 Å². The van der Waals surface area contributed by atoms with Gasteiger partial charge in [0.15, 0.2) is 0 Å². The van der Waals surface area contributed by atoms with Gasteiger partial charge in [-0.25, -0.2) is 0 Å². The summed E-state index contributed by atoms with van der Waals surface area (Å²) in [6, 6.07) is 76.1. The quantitative estimate of drug-likeness (QED) is 0.162. The Morgan fingerprint density at radius 3 is 1.09 bits per heavy atom. The van der Waals surface area contributed by atoms with Gasteiger partial charge in [-0.05, 0) is 146 Å². The highest BCUT2D eigenvalue weighted by Gasteiger charge is 2.12. The van der Waals surface area contributed by atoms with Gasteiger partial charge in [-0.2, -0.15) is 0 Å². The largest absolute Gasteiger partial charge is 0.0622 e. The van der Waals surface area contributed by atoms with E-state index in [0.717, 1.165) is 0 Å². The molecule has 0 heteroatoms. The van der Waals surface area contributed by atoms with E-state index < -0.39 is 0 Å². The van der Waals surface area contributed by atoms with Gasteiger partial charge in [0, 0.05) is 0 Å². The third kappa shape index (κ3) is 5.07. The van der Waals surface area contributed by atoms with E-state index in [1.807, 2.05) is 0 Å². The maximum absolute atomic E-state index is 2.35. The molecule has 11 aromatic rings. The average Bonchev–Trinajstić information content (AvgIpc) is 3.25. The molecule has 0 heterocycles. The molecule has 0 aliphatic rings. The van der Waals surface area contributed by atoms with Crippen LogP contribution in [0.2, 0.25) is 0 Å². The lowest BCUT2D eigenvalue weighted by atomic mass is 9.91. The maximum atomic E-state index is 2.35. The summed E-state index contributed by atoms with van der Waals surface area (Å²) in [7, 11) is 0. The van der Waals surface area contributed by atoms with Crippen molar-refractivity contribution in [3.63, 3.8) is 0 Å². The second-order valence-electron chi connectivity index (χ2n) is 14.5. The normalized spacial score (nSPS) is 11.7. The molecule has 250 valence electrons. The van der Waals surface area contributed by atoms with Gasteiger partial charge >= 0.3 is 0 Å². The molecule has 0 amide bonds. The third-order valence-corrected chi connectivity index (χ3v) is 11.4. The highest BCUT2D eigenvalue weighted by molar-refractivity contribution is 6.14. The smallest absolute Gasteiger partial charge is 0.00988 e. The fraction of sp³-hybridized carbons (Fsp3) is 0. The molecule has 0 atom stereocenters. The van der Waals surface area contributed by atoms with Crippen LogP contribution in [0, 0.1) is 0 Å². The molecule has 11 aromatic carbocycles. The molecule has 0 aromatic heterocycles. The predicted molar refractivity (Wildman–Crippen MR) is 233 cm³/mol. The van der Waals surface area contributed by atoms with Crippen LogP contribution < -0.4 is 0 Å². The second kappa shape index (κ2) is 12.3. The minimum absolute atomic E-state index is 1.22. The molecule has 0 N–H and O–H groups in total. The summed E-state index contributed by atoms with van der Waals surface area (Å²) in [5.41, 5.74) is 9.92. The van der Waals surface area contributed by atoms with Crippen LogP contribution in [-0.4, -0.2) is 0 Å². The van der Waals surface area contributed by atoms with Crippen molar-refractivity contribution in [2.45, 2.75) is 0 Å². The fourth-order valence-electron chi connectivity index (χ4n) is 8.65. The molecule has 0 unspecified atom stereocenters. The standard InChI is InChI=1S/C54H34/c1-2-9-35(10-3-1)37-21-25-48-43(30-37)17-18-45-32-39(23-27-50(45)48)40-24-28-51-46(33-40)20-19-44-31-38(22-26-49(44)51)36-12-8-13-41(29-36)54-34-42-11-4-5-14-47(42)52-15-6-7-16-53(52)54/h1-34H. The van der Waals surface area contributed by atoms with Crippen molar-refractivity contribution in [2.24, 2.45) is 0 Å². The zero-order chi connectivity index (χ0) is 35.6. The molecule has 0 radical (unpaired) electrons. The molecular weight excluding hydrogens is 649 g/mol. The molecule has 0 fully saturated rings. The van der Waals surface area contributed by atoms with Gasteiger partial charge in [-0.3, -0.25) is 0 Å². The Morgan fingerprint density at radius 1 is 0.167 bits per heavy atom. The van der Waals surface area contributed by atoms with E-state index >= 15 is 0 Å². The van der Waals surface area contributed by atoms with Gasteiger partial charge in [0.1, 0.15) is 0 Å². The first kappa shape index (κ1) is 30.6. The minimum Gasteiger partial charge on any atom is -0.0622 e. The number of hydrogen-bond acceptors (Lipinski definition) is 0. The van der Waals surface area contributed by atoms with Crippen LogP contribution in [0.3, 0.4) is 0 Å². The number of fused-ring (bicyclic) bond motifs is 9. The van der Waals surface area contributed by atoms with E-state index in [2.05, 4.69) is 206 Å². The van der Waals surface area contributed by atoms with Gasteiger partial charge in [0.05, 0.1) is 0 Å². The Bertz CT molecular complexity index is 3260. The fourth-order valence-corrected chi connectivity index (χ4v) is 8.65. The molecule has 0 bridgehead atoms. The predicted octanol–water partition coefficient (Wildman–Crippen LogP) is 15.3. The van der Waals surface area contributed by atoms with Crippen LogP contribution in [0.25, 0.3) is 109 Å². The van der Waals surface area contributed by atoms with Crippen LogP contribution in [0.4, 0.5) is 0 Å².